The van der Waals surface area contributed by atoms with E-state index in [0.717, 1.165) is 11.3 Å². The van der Waals surface area contributed by atoms with Gasteiger partial charge in [0.05, 0.1) is 41.7 Å². The van der Waals surface area contributed by atoms with Crippen molar-refractivity contribution in [2.45, 2.75) is 20.3 Å². The van der Waals surface area contributed by atoms with Crippen molar-refractivity contribution >= 4 is 64.4 Å². The Bertz CT molecular complexity index is 1630. The molecule has 5 amide bonds. The minimum atomic E-state index is -0.920. The first-order valence-electron chi connectivity index (χ1n) is 13.5. The maximum Gasteiger partial charge on any atom is 0.335 e. The van der Waals surface area contributed by atoms with E-state index in [4.69, 9.17) is 42.1 Å². The van der Waals surface area contributed by atoms with Crippen LogP contribution in [0.2, 0.25) is 10.0 Å². The number of para-hydroxylation sites is 1. The van der Waals surface area contributed by atoms with Crippen LogP contribution in [0.15, 0.2) is 60.2 Å². The number of hydrogen-bond donors (Lipinski definition) is 2. The Morgan fingerprint density at radius 3 is 2.41 bits per heavy atom. The fourth-order valence-corrected chi connectivity index (χ4v) is 4.60. The molecule has 0 aromatic heterocycles. The van der Waals surface area contributed by atoms with Gasteiger partial charge >= 0.3 is 6.03 Å². The van der Waals surface area contributed by atoms with Gasteiger partial charge in [0.1, 0.15) is 5.57 Å². The molecule has 4 rings (SSSR count). The quantitative estimate of drug-likeness (QED) is 0.185. The van der Waals surface area contributed by atoms with Crippen LogP contribution < -0.4 is 34.5 Å². The highest BCUT2D eigenvalue weighted by Gasteiger charge is 2.37. The van der Waals surface area contributed by atoms with E-state index < -0.39 is 30.4 Å². The van der Waals surface area contributed by atoms with Crippen LogP contribution >= 0.6 is 23.2 Å². The number of halogens is 2. The maximum absolute atomic E-state index is 13.5. The van der Waals surface area contributed by atoms with Crippen LogP contribution in [0, 0.1) is 0 Å². The van der Waals surface area contributed by atoms with Gasteiger partial charge in [-0.2, -0.15) is 0 Å². The Balaban J connectivity index is 1.58. The third-order valence-corrected chi connectivity index (χ3v) is 6.72. The number of hydrogen-bond acceptors (Lipinski definition) is 8. The second kappa shape index (κ2) is 14.6. The molecule has 44 heavy (non-hydrogen) atoms. The number of barbiturate groups is 1. The second-order valence-corrected chi connectivity index (χ2v) is 10.0. The summed E-state index contributed by atoms with van der Waals surface area (Å²) in [6.45, 7) is 4.12. The van der Waals surface area contributed by atoms with Crippen LogP contribution in [0.25, 0.3) is 6.08 Å². The lowest BCUT2D eigenvalue weighted by Gasteiger charge is -2.27. The van der Waals surface area contributed by atoms with Crippen molar-refractivity contribution in [3.63, 3.8) is 0 Å². The number of urea groups is 1. The molecule has 0 bridgehead atoms. The third kappa shape index (κ3) is 7.42. The van der Waals surface area contributed by atoms with E-state index in [1.165, 1.54) is 37.5 Å². The average molecular weight is 642 g/mol. The molecule has 0 radical (unpaired) electrons. The first-order chi connectivity index (χ1) is 21.2. The van der Waals surface area contributed by atoms with Crippen molar-refractivity contribution in [3.05, 3.63) is 75.8 Å². The molecule has 1 saturated heterocycles. The summed E-state index contributed by atoms with van der Waals surface area (Å²) < 4.78 is 22.4. The van der Waals surface area contributed by atoms with Gasteiger partial charge < -0.3 is 24.3 Å². The number of rotatable bonds is 12. The molecular weight excluding hydrogens is 613 g/mol. The van der Waals surface area contributed by atoms with Gasteiger partial charge in [-0.1, -0.05) is 42.3 Å². The third-order valence-electron chi connectivity index (χ3n) is 6.11. The average Bonchev–Trinajstić information content (AvgIpc) is 2.99. The van der Waals surface area contributed by atoms with Crippen LogP contribution in [-0.2, 0) is 14.4 Å². The van der Waals surface area contributed by atoms with E-state index in [-0.39, 0.29) is 27.8 Å². The molecule has 0 aliphatic carbocycles. The fourth-order valence-electron chi connectivity index (χ4n) is 4.14. The molecule has 3 aromatic carbocycles. The van der Waals surface area contributed by atoms with Gasteiger partial charge in [-0.15, -0.1) is 0 Å². The number of nitrogens with zero attached hydrogens (tertiary/aromatic N) is 1. The molecule has 1 heterocycles. The van der Waals surface area contributed by atoms with Crippen molar-refractivity contribution in [2.75, 3.05) is 37.1 Å². The second-order valence-electron chi connectivity index (χ2n) is 9.22. The van der Waals surface area contributed by atoms with Gasteiger partial charge in [-0.3, -0.25) is 19.7 Å². The van der Waals surface area contributed by atoms with Crippen molar-refractivity contribution < 1.29 is 38.1 Å². The topological polar surface area (TPSA) is 132 Å². The summed E-state index contributed by atoms with van der Waals surface area (Å²) in [4.78, 5) is 52.3. The van der Waals surface area contributed by atoms with E-state index in [1.807, 2.05) is 6.92 Å². The molecule has 0 saturated carbocycles. The number of amides is 5. The molecule has 1 aliphatic rings. The van der Waals surface area contributed by atoms with E-state index >= 15 is 0 Å². The molecule has 230 valence electrons. The maximum atomic E-state index is 13.5. The molecule has 3 aromatic rings. The smallest absolute Gasteiger partial charge is 0.335 e. The van der Waals surface area contributed by atoms with Crippen LogP contribution in [0.1, 0.15) is 25.8 Å². The summed E-state index contributed by atoms with van der Waals surface area (Å²) >= 11 is 12.5. The van der Waals surface area contributed by atoms with Crippen LogP contribution in [0.4, 0.5) is 16.2 Å². The summed E-state index contributed by atoms with van der Waals surface area (Å²) in [7, 11) is 1.36. The summed E-state index contributed by atoms with van der Waals surface area (Å²) in [5.41, 5.74) is 0.555. The zero-order valence-electron chi connectivity index (χ0n) is 24.1. The summed E-state index contributed by atoms with van der Waals surface area (Å²) in [6.07, 6.45) is 2.04. The summed E-state index contributed by atoms with van der Waals surface area (Å²) in [5, 5.41) is 5.23. The van der Waals surface area contributed by atoms with E-state index in [0.29, 0.717) is 41.0 Å². The number of carbonyl (C=O) groups is 4. The van der Waals surface area contributed by atoms with E-state index in [1.54, 1.807) is 37.3 Å². The number of benzene rings is 3. The number of carbonyl (C=O) groups excluding carboxylic acids is 4. The Labute approximate surface area is 263 Å². The molecular formula is C31H29Cl2N3O8. The molecule has 1 fully saturated rings. The first-order valence-corrected chi connectivity index (χ1v) is 14.3. The molecule has 1 aliphatic heterocycles. The van der Waals surface area contributed by atoms with E-state index in [9.17, 15) is 19.2 Å². The van der Waals surface area contributed by atoms with Crippen molar-refractivity contribution in [1.29, 1.82) is 0 Å². The molecule has 0 spiro atoms. The highest BCUT2D eigenvalue weighted by molar-refractivity contribution is 6.39. The zero-order chi connectivity index (χ0) is 31.8. The van der Waals surface area contributed by atoms with Crippen LogP contribution in [0.5, 0.6) is 23.0 Å². The highest BCUT2D eigenvalue weighted by Crippen LogP contribution is 2.38. The zero-order valence-corrected chi connectivity index (χ0v) is 25.6. The number of ether oxygens (including phenoxy) is 4. The lowest BCUT2D eigenvalue weighted by Crippen LogP contribution is -2.54. The van der Waals surface area contributed by atoms with Crippen LogP contribution in [-0.4, -0.2) is 50.7 Å². The van der Waals surface area contributed by atoms with Gasteiger partial charge in [0, 0.05) is 6.07 Å². The molecule has 2 N–H and O–H groups in total. The van der Waals surface area contributed by atoms with Crippen LogP contribution in [0.3, 0.4) is 0 Å². The van der Waals surface area contributed by atoms with Crippen molar-refractivity contribution in [3.8, 4) is 23.0 Å². The largest absolute Gasteiger partial charge is 0.493 e. The number of imide groups is 2. The van der Waals surface area contributed by atoms with E-state index in [2.05, 4.69) is 10.6 Å². The Morgan fingerprint density at radius 2 is 1.70 bits per heavy atom. The predicted molar refractivity (Wildman–Crippen MR) is 166 cm³/mol. The number of nitrogens with one attached hydrogen (secondary N) is 2. The van der Waals surface area contributed by atoms with Gasteiger partial charge in [0.2, 0.25) is 0 Å². The van der Waals surface area contributed by atoms with Gasteiger partial charge in [0.15, 0.2) is 29.6 Å². The van der Waals surface area contributed by atoms with Crippen molar-refractivity contribution in [2.24, 2.45) is 0 Å². The molecule has 0 atom stereocenters. The fraction of sp³-hybridized carbons (Fsp3) is 0.226. The minimum absolute atomic E-state index is 0.0439. The lowest BCUT2D eigenvalue weighted by atomic mass is 10.1. The normalized spacial score (nSPS) is 13.9. The molecule has 11 nitrogen and oxygen atoms in total. The van der Waals surface area contributed by atoms with Gasteiger partial charge in [-0.25, -0.2) is 9.69 Å². The molecule has 13 heteroatoms. The first kappa shape index (κ1) is 32.2. The monoisotopic (exact) mass is 641 g/mol. The summed E-state index contributed by atoms with van der Waals surface area (Å²) in [5.74, 6) is -1.25. The van der Waals surface area contributed by atoms with Gasteiger partial charge in [-0.05, 0) is 61.4 Å². The molecule has 0 unspecified atom stereocenters. The number of methoxy groups -OCH3 is 1. The van der Waals surface area contributed by atoms with Gasteiger partial charge in [0.25, 0.3) is 17.7 Å². The number of anilines is 2. The Morgan fingerprint density at radius 1 is 0.932 bits per heavy atom. The summed E-state index contributed by atoms with van der Waals surface area (Å²) in [6, 6.07) is 13.3. The standard InChI is InChI=1S/C31H29Cl2N3O8/c1-4-12-43-24-11-10-19(16-25(24)42-5-2)36-30(39)20(29(38)35-31(36)40)13-18-14-22(33)28(26(15-18)41-3)44-17-27(37)34-23-9-7-6-8-21(23)32/h6-11,13-16H,4-5,12,17H2,1-3H3,(H,34,37)(H,35,38,40)/b20-13+. The Hall–Kier alpha value is -4.74. The Kier molecular flexibility index (Phi) is 10.7. The SMILES string of the molecule is CCCOc1ccc(N2C(=O)NC(=O)/C(=C\c3cc(Cl)c(OCC(=O)Nc4ccccc4Cl)c(OC)c3)C2=O)cc1OCC. The lowest BCUT2D eigenvalue weighted by molar-refractivity contribution is -0.122. The minimum Gasteiger partial charge on any atom is -0.493 e. The highest BCUT2D eigenvalue weighted by atomic mass is 35.5. The predicted octanol–water partition coefficient (Wildman–Crippen LogP) is 5.87. The van der Waals surface area contributed by atoms with Crippen molar-refractivity contribution in [1.82, 2.24) is 5.32 Å².